The number of likely N-dealkylation sites (N-methyl/N-ethyl adjacent to an activating group) is 1. The van der Waals surface area contributed by atoms with Crippen molar-refractivity contribution in [1.29, 1.82) is 0 Å². The van der Waals surface area contributed by atoms with Gasteiger partial charge in [0.05, 0.1) is 19.9 Å². The van der Waals surface area contributed by atoms with E-state index in [1.54, 1.807) is 14.2 Å². The molecule has 0 aliphatic heterocycles. The molecule has 37 heavy (non-hydrogen) atoms. The van der Waals surface area contributed by atoms with Gasteiger partial charge in [-0.05, 0) is 57.3 Å². The second-order valence-corrected chi connectivity index (χ2v) is 9.18. The van der Waals surface area contributed by atoms with Gasteiger partial charge in [0.15, 0.2) is 17.6 Å². The van der Waals surface area contributed by atoms with E-state index in [0.717, 1.165) is 71.3 Å². The molecule has 198 valence electrons. The monoisotopic (exact) mass is 525 g/mol. The number of aromatic amines is 1. The molecule has 3 aromatic rings. The third kappa shape index (κ3) is 5.98. The Kier molecular flexibility index (Phi) is 9.73. The van der Waals surface area contributed by atoms with Crippen molar-refractivity contribution in [2.45, 2.75) is 38.7 Å². The maximum absolute atomic E-state index is 6.02. The van der Waals surface area contributed by atoms with Crippen molar-refractivity contribution in [2.24, 2.45) is 5.16 Å². The van der Waals surface area contributed by atoms with Gasteiger partial charge in [-0.15, -0.1) is 18.8 Å². The van der Waals surface area contributed by atoms with Crippen LogP contribution in [-0.4, -0.2) is 63.2 Å². The van der Waals surface area contributed by atoms with E-state index in [0.29, 0.717) is 23.8 Å². The molecule has 1 N–H and O–H groups in total. The SMILES string of the molecule is C#C[C@H](CCCCC)ON=C1c2cc(OC)c(OC)cc2-c2[nH]c3ccc(OCCN(C)C)cc3c21.Cl. The maximum Gasteiger partial charge on any atom is 0.187 e. The molecule has 7 nitrogen and oxygen atoms in total. The summed E-state index contributed by atoms with van der Waals surface area (Å²) in [6, 6.07) is 9.98. The van der Waals surface area contributed by atoms with E-state index < -0.39 is 0 Å². The number of ether oxygens (including phenoxy) is 3. The predicted octanol–water partition coefficient (Wildman–Crippen LogP) is 5.88. The first-order valence-electron chi connectivity index (χ1n) is 12.4. The number of methoxy groups -OCH3 is 2. The first kappa shape index (κ1) is 28.2. The van der Waals surface area contributed by atoms with Crippen molar-refractivity contribution in [3.05, 3.63) is 41.5 Å². The number of H-pyrrole nitrogens is 1. The number of nitrogens with zero attached hydrogens (tertiary/aromatic N) is 2. The van der Waals surface area contributed by atoms with Crippen LogP contribution in [0.25, 0.3) is 22.2 Å². The highest BCUT2D eigenvalue weighted by molar-refractivity contribution is 6.30. The normalized spacial score (nSPS) is 13.6. The van der Waals surface area contributed by atoms with E-state index in [1.165, 1.54) is 0 Å². The van der Waals surface area contributed by atoms with E-state index in [9.17, 15) is 0 Å². The van der Waals surface area contributed by atoms with Crippen molar-refractivity contribution < 1.29 is 19.0 Å². The smallest absolute Gasteiger partial charge is 0.187 e. The molecule has 4 rings (SSSR count). The number of oxime groups is 1. The molecule has 2 aromatic carbocycles. The molecule has 0 fully saturated rings. The van der Waals surface area contributed by atoms with Gasteiger partial charge in [-0.2, -0.15) is 0 Å². The quantitative estimate of drug-likeness (QED) is 0.142. The minimum atomic E-state index is -0.383. The van der Waals surface area contributed by atoms with Gasteiger partial charge in [0.2, 0.25) is 0 Å². The lowest BCUT2D eigenvalue weighted by Gasteiger charge is -2.13. The van der Waals surface area contributed by atoms with Crippen LogP contribution in [0.3, 0.4) is 0 Å². The Labute approximate surface area is 225 Å². The predicted molar refractivity (Wildman–Crippen MR) is 152 cm³/mol. The van der Waals surface area contributed by atoms with Gasteiger partial charge in [-0.3, -0.25) is 0 Å². The van der Waals surface area contributed by atoms with Crippen LogP contribution < -0.4 is 14.2 Å². The highest BCUT2D eigenvalue weighted by Gasteiger charge is 2.32. The molecule has 1 aliphatic carbocycles. The van der Waals surface area contributed by atoms with Gasteiger partial charge in [-0.1, -0.05) is 30.8 Å². The third-order valence-electron chi connectivity index (χ3n) is 6.39. The van der Waals surface area contributed by atoms with E-state index in [1.807, 2.05) is 38.4 Å². The summed E-state index contributed by atoms with van der Waals surface area (Å²) in [5.74, 6) is 4.82. The number of aromatic nitrogens is 1. The summed E-state index contributed by atoms with van der Waals surface area (Å²) in [4.78, 5) is 11.6. The third-order valence-corrected chi connectivity index (χ3v) is 6.39. The Balaban J connectivity index is 0.00000380. The van der Waals surface area contributed by atoms with Crippen LogP contribution in [-0.2, 0) is 4.84 Å². The van der Waals surface area contributed by atoms with Crippen LogP contribution in [0.5, 0.6) is 17.2 Å². The maximum atomic E-state index is 6.02. The lowest BCUT2D eigenvalue weighted by atomic mass is 10.1. The zero-order valence-corrected chi connectivity index (χ0v) is 23.0. The number of terminal acetylenes is 1. The molecular weight excluding hydrogens is 490 g/mol. The Morgan fingerprint density at radius 1 is 1.05 bits per heavy atom. The molecule has 1 heterocycles. The molecule has 1 aromatic heterocycles. The van der Waals surface area contributed by atoms with Gasteiger partial charge in [0.1, 0.15) is 18.1 Å². The van der Waals surface area contributed by atoms with Gasteiger partial charge in [0.25, 0.3) is 0 Å². The van der Waals surface area contributed by atoms with Gasteiger partial charge in [0, 0.05) is 34.1 Å². The number of rotatable bonds is 12. The molecule has 0 amide bonds. The molecule has 0 saturated carbocycles. The average molecular weight is 526 g/mol. The summed E-state index contributed by atoms with van der Waals surface area (Å²) in [5, 5.41) is 5.64. The zero-order valence-electron chi connectivity index (χ0n) is 22.2. The molecule has 0 saturated heterocycles. The number of fused-ring (bicyclic) bond motifs is 5. The fraction of sp³-hybridized carbons (Fsp3) is 0.414. The highest BCUT2D eigenvalue weighted by Crippen LogP contribution is 2.46. The summed E-state index contributed by atoms with van der Waals surface area (Å²) < 4.78 is 17.2. The fourth-order valence-corrected chi connectivity index (χ4v) is 4.43. The summed E-state index contributed by atoms with van der Waals surface area (Å²) in [6.07, 6.45) is 9.39. The van der Waals surface area contributed by atoms with Crippen molar-refractivity contribution in [2.75, 3.05) is 41.5 Å². The van der Waals surface area contributed by atoms with E-state index >= 15 is 0 Å². The van der Waals surface area contributed by atoms with Crippen molar-refractivity contribution in [3.63, 3.8) is 0 Å². The van der Waals surface area contributed by atoms with Crippen molar-refractivity contribution in [3.8, 4) is 40.8 Å². The molecule has 8 heteroatoms. The lowest BCUT2D eigenvalue weighted by Crippen LogP contribution is -2.19. The second-order valence-electron chi connectivity index (χ2n) is 9.18. The Hall–Kier alpha value is -3.34. The number of nitrogens with one attached hydrogen (secondary N) is 1. The number of unbranched alkanes of at least 4 members (excludes halogenated alkanes) is 2. The van der Waals surface area contributed by atoms with Crippen molar-refractivity contribution in [1.82, 2.24) is 9.88 Å². The Bertz CT molecular complexity index is 1290. The molecule has 1 aliphatic rings. The summed E-state index contributed by atoms with van der Waals surface area (Å²) >= 11 is 0. The first-order valence-corrected chi connectivity index (χ1v) is 12.4. The first-order chi connectivity index (χ1) is 17.5. The van der Waals surface area contributed by atoms with Crippen LogP contribution >= 0.6 is 12.4 Å². The number of hydrogen-bond donors (Lipinski definition) is 1. The molecule has 1 atom stereocenters. The van der Waals surface area contributed by atoms with Crippen molar-refractivity contribution >= 4 is 29.0 Å². The second kappa shape index (κ2) is 12.8. The zero-order chi connectivity index (χ0) is 25.7. The Morgan fingerprint density at radius 2 is 1.78 bits per heavy atom. The van der Waals surface area contributed by atoms with E-state index in [-0.39, 0.29) is 18.5 Å². The van der Waals surface area contributed by atoms with Gasteiger partial charge >= 0.3 is 0 Å². The molecule has 0 radical (unpaired) electrons. The summed E-state index contributed by atoms with van der Waals surface area (Å²) in [6.45, 7) is 3.60. The van der Waals surface area contributed by atoms with Crippen LogP contribution in [0.15, 0.2) is 35.5 Å². The largest absolute Gasteiger partial charge is 0.493 e. The standard InChI is InChI=1S/C29H35N3O4.ClH/c1-7-9-10-11-19(8-2)36-31-29-22-18-26(34-6)25(33-5)17-21(22)28-27(29)23-16-20(12-13-24(23)30-28)35-15-14-32(3)4;/h2,12-13,16-19,30H,7,9-11,14-15H2,1,3-6H3;1H/t19-;/m1./s1. The van der Waals surface area contributed by atoms with E-state index in [4.69, 9.17) is 25.5 Å². The van der Waals surface area contributed by atoms with Crippen LogP contribution in [0.2, 0.25) is 0 Å². The lowest BCUT2D eigenvalue weighted by molar-refractivity contribution is 0.0916. The van der Waals surface area contributed by atoms with E-state index in [2.05, 4.69) is 34.0 Å². The number of hydrogen-bond acceptors (Lipinski definition) is 6. The minimum absolute atomic E-state index is 0. The summed E-state index contributed by atoms with van der Waals surface area (Å²) in [7, 11) is 7.31. The van der Waals surface area contributed by atoms with Crippen LogP contribution in [0.1, 0.15) is 43.7 Å². The van der Waals surface area contributed by atoms with Gasteiger partial charge < -0.3 is 28.9 Å². The number of halogens is 1. The minimum Gasteiger partial charge on any atom is -0.493 e. The molecule has 0 bridgehead atoms. The average Bonchev–Trinajstić information content (AvgIpc) is 3.39. The fourth-order valence-electron chi connectivity index (χ4n) is 4.43. The van der Waals surface area contributed by atoms with Crippen LogP contribution in [0.4, 0.5) is 0 Å². The Morgan fingerprint density at radius 3 is 2.43 bits per heavy atom. The van der Waals surface area contributed by atoms with Crippen LogP contribution in [0, 0.1) is 12.3 Å². The highest BCUT2D eigenvalue weighted by atomic mass is 35.5. The van der Waals surface area contributed by atoms with Gasteiger partial charge in [-0.25, -0.2) is 0 Å². The molecular formula is C29H36ClN3O4. The molecule has 0 spiro atoms. The number of benzene rings is 2. The topological polar surface area (TPSA) is 68.3 Å². The summed E-state index contributed by atoms with van der Waals surface area (Å²) in [5.41, 5.74) is 5.49. The molecule has 0 unspecified atom stereocenters.